The Kier molecular flexibility index (Phi) is 4.79. The molecule has 1 rings (SSSR count). The number of nitrogens with two attached hydrogens (primary N) is 2. The van der Waals surface area contributed by atoms with E-state index in [1.54, 1.807) is 24.3 Å². The molecule has 96 valence electrons. The number of nitrogens with one attached hydrogen (secondary N) is 1. The van der Waals surface area contributed by atoms with Crippen LogP contribution in [0.5, 0.6) is 0 Å². The van der Waals surface area contributed by atoms with Crippen LogP contribution in [-0.4, -0.2) is 22.8 Å². The van der Waals surface area contributed by atoms with Crippen molar-refractivity contribution in [2.45, 2.75) is 19.4 Å². The minimum atomic E-state index is -0.673. The van der Waals surface area contributed by atoms with E-state index in [0.29, 0.717) is 4.99 Å². The molecule has 0 heterocycles. The van der Waals surface area contributed by atoms with Crippen molar-refractivity contribution in [3.05, 3.63) is 35.4 Å². The molecule has 5 nitrogen and oxygen atoms in total. The maximum Gasteiger partial charge on any atom is 0.239 e. The zero-order valence-corrected chi connectivity index (χ0v) is 10.8. The molecule has 1 unspecified atom stereocenters. The summed E-state index contributed by atoms with van der Waals surface area (Å²) in [4.78, 5) is 22.7. The van der Waals surface area contributed by atoms with Gasteiger partial charge in [0, 0.05) is 5.56 Å². The van der Waals surface area contributed by atoms with Gasteiger partial charge in [0.2, 0.25) is 11.8 Å². The van der Waals surface area contributed by atoms with Gasteiger partial charge in [-0.25, -0.2) is 0 Å². The second kappa shape index (κ2) is 6.11. The lowest BCUT2D eigenvalue weighted by Crippen LogP contribution is -2.42. The average molecular weight is 265 g/mol. The van der Waals surface area contributed by atoms with Crippen molar-refractivity contribution in [3.63, 3.8) is 0 Å². The number of primary amides is 1. The fraction of sp³-hybridized carbons (Fsp3) is 0.250. The lowest BCUT2D eigenvalue weighted by molar-refractivity contribution is -0.126. The molecular formula is C12H15N3O2S. The molecule has 0 aliphatic rings. The minimum absolute atomic E-state index is 0.176. The van der Waals surface area contributed by atoms with Crippen LogP contribution in [0, 0.1) is 0 Å². The van der Waals surface area contributed by atoms with E-state index in [2.05, 4.69) is 5.32 Å². The van der Waals surface area contributed by atoms with Gasteiger partial charge in [0.15, 0.2) is 0 Å². The second-order valence-corrected chi connectivity index (χ2v) is 4.37. The van der Waals surface area contributed by atoms with Crippen molar-refractivity contribution in [1.29, 1.82) is 0 Å². The number of thiocarbonyl (C=S) groups is 1. The summed E-state index contributed by atoms with van der Waals surface area (Å²) in [5.41, 5.74) is 12.1. The first-order valence-electron chi connectivity index (χ1n) is 5.37. The van der Waals surface area contributed by atoms with Crippen LogP contribution in [-0.2, 0) is 16.0 Å². The smallest absolute Gasteiger partial charge is 0.239 e. The largest absolute Gasteiger partial charge is 0.389 e. The van der Waals surface area contributed by atoms with Crippen molar-refractivity contribution < 1.29 is 9.59 Å². The molecule has 2 amide bonds. The molecule has 0 aliphatic carbocycles. The fourth-order valence-corrected chi connectivity index (χ4v) is 1.47. The Morgan fingerprint density at radius 1 is 1.28 bits per heavy atom. The SMILES string of the molecule is CC(NC(=O)Cc1ccc(C(N)=S)cc1)C(N)=O. The molecule has 0 radical (unpaired) electrons. The Labute approximate surface area is 111 Å². The molecule has 0 saturated carbocycles. The molecule has 18 heavy (non-hydrogen) atoms. The van der Waals surface area contributed by atoms with Crippen LogP contribution in [0.1, 0.15) is 18.1 Å². The van der Waals surface area contributed by atoms with Crippen molar-refractivity contribution in [2.24, 2.45) is 11.5 Å². The fourth-order valence-electron chi connectivity index (χ4n) is 1.34. The van der Waals surface area contributed by atoms with Crippen molar-refractivity contribution in [2.75, 3.05) is 0 Å². The van der Waals surface area contributed by atoms with E-state index in [-0.39, 0.29) is 12.3 Å². The standard InChI is InChI=1S/C12H15N3O2S/c1-7(11(13)17)15-10(16)6-8-2-4-9(5-3-8)12(14)18/h2-5,7H,6H2,1H3,(H2,13,17)(H2,14,18)(H,15,16). The highest BCUT2D eigenvalue weighted by atomic mass is 32.1. The highest BCUT2D eigenvalue weighted by Gasteiger charge is 2.12. The third-order valence-electron chi connectivity index (χ3n) is 2.41. The Morgan fingerprint density at radius 3 is 2.28 bits per heavy atom. The predicted octanol–water partition coefficient (Wildman–Crippen LogP) is -0.147. The Morgan fingerprint density at radius 2 is 1.83 bits per heavy atom. The van der Waals surface area contributed by atoms with E-state index in [1.165, 1.54) is 6.92 Å². The van der Waals surface area contributed by atoms with Gasteiger partial charge in [0.1, 0.15) is 11.0 Å². The number of carbonyl (C=O) groups excluding carboxylic acids is 2. The molecule has 0 aliphatic heterocycles. The average Bonchev–Trinajstić information content (AvgIpc) is 2.29. The summed E-state index contributed by atoms with van der Waals surface area (Å²) in [6, 6.07) is 6.37. The summed E-state index contributed by atoms with van der Waals surface area (Å²) in [5.74, 6) is -0.823. The van der Waals surface area contributed by atoms with Gasteiger partial charge in [-0.15, -0.1) is 0 Å². The first kappa shape index (κ1) is 14.1. The third kappa shape index (κ3) is 4.14. The summed E-state index contributed by atoms with van der Waals surface area (Å²) in [5, 5.41) is 2.50. The molecule has 0 saturated heterocycles. The van der Waals surface area contributed by atoms with Gasteiger partial charge in [0.25, 0.3) is 0 Å². The Balaban J connectivity index is 2.60. The van der Waals surface area contributed by atoms with E-state index in [1.807, 2.05) is 0 Å². The van der Waals surface area contributed by atoms with Gasteiger partial charge < -0.3 is 16.8 Å². The molecule has 5 N–H and O–H groups in total. The molecular weight excluding hydrogens is 250 g/mol. The third-order valence-corrected chi connectivity index (χ3v) is 2.64. The zero-order valence-electron chi connectivity index (χ0n) is 9.97. The lowest BCUT2D eigenvalue weighted by Gasteiger charge is -2.10. The van der Waals surface area contributed by atoms with Gasteiger partial charge >= 0.3 is 0 Å². The van der Waals surface area contributed by atoms with E-state index in [9.17, 15) is 9.59 Å². The molecule has 1 aromatic carbocycles. The topological polar surface area (TPSA) is 98.2 Å². The highest BCUT2D eigenvalue weighted by molar-refractivity contribution is 7.80. The van der Waals surface area contributed by atoms with E-state index >= 15 is 0 Å². The van der Waals surface area contributed by atoms with Crippen LogP contribution >= 0.6 is 12.2 Å². The van der Waals surface area contributed by atoms with E-state index < -0.39 is 11.9 Å². The molecule has 1 aromatic rings. The van der Waals surface area contributed by atoms with Crippen LogP contribution in [0.15, 0.2) is 24.3 Å². The highest BCUT2D eigenvalue weighted by Crippen LogP contribution is 2.05. The van der Waals surface area contributed by atoms with Gasteiger partial charge in [-0.1, -0.05) is 36.5 Å². The maximum atomic E-state index is 11.6. The van der Waals surface area contributed by atoms with E-state index in [0.717, 1.165) is 11.1 Å². The summed E-state index contributed by atoms with van der Waals surface area (Å²) < 4.78 is 0. The number of rotatable bonds is 5. The monoisotopic (exact) mass is 265 g/mol. The molecule has 6 heteroatoms. The van der Waals surface area contributed by atoms with Gasteiger partial charge in [-0.3, -0.25) is 9.59 Å². The number of benzene rings is 1. The number of carbonyl (C=O) groups is 2. The molecule has 0 spiro atoms. The zero-order chi connectivity index (χ0) is 13.7. The lowest BCUT2D eigenvalue weighted by atomic mass is 10.1. The Bertz CT molecular complexity index is 471. The molecule has 1 atom stereocenters. The molecule has 0 bridgehead atoms. The first-order chi connectivity index (χ1) is 8.40. The summed E-state index contributed by atoms with van der Waals surface area (Å²) in [7, 11) is 0. The van der Waals surface area contributed by atoms with Crippen molar-refractivity contribution >= 4 is 29.0 Å². The molecule has 0 fully saturated rings. The van der Waals surface area contributed by atoms with Crippen molar-refractivity contribution in [3.8, 4) is 0 Å². The van der Waals surface area contributed by atoms with Crippen LogP contribution in [0.25, 0.3) is 0 Å². The van der Waals surface area contributed by atoms with Crippen molar-refractivity contribution in [1.82, 2.24) is 5.32 Å². The van der Waals surface area contributed by atoms with Gasteiger partial charge in [-0.05, 0) is 12.5 Å². The van der Waals surface area contributed by atoms with Gasteiger partial charge in [0.05, 0.1) is 6.42 Å². The maximum absolute atomic E-state index is 11.6. The summed E-state index contributed by atoms with van der Waals surface area (Å²) in [6.45, 7) is 1.54. The first-order valence-corrected chi connectivity index (χ1v) is 5.78. The minimum Gasteiger partial charge on any atom is -0.389 e. The van der Waals surface area contributed by atoms with Crippen LogP contribution in [0.4, 0.5) is 0 Å². The number of hydrogen-bond acceptors (Lipinski definition) is 3. The summed E-state index contributed by atoms with van der Waals surface area (Å²) >= 11 is 4.83. The normalized spacial score (nSPS) is 11.6. The van der Waals surface area contributed by atoms with Crippen LogP contribution in [0.2, 0.25) is 0 Å². The number of amides is 2. The summed E-state index contributed by atoms with van der Waals surface area (Å²) in [6.07, 6.45) is 0.176. The molecule has 0 aromatic heterocycles. The van der Waals surface area contributed by atoms with Crippen LogP contribution in [0.3, 0.4) is 0 Å². The van der Waals surface area contributed by atoms with Gasteiger partial charge in [-0.2, -0.15) is 0 Å². The van der Waals surface area contributed by atoms with Crippen LogP contribution < -0.4 is 16.8 Å². The quantitative estimate of drug-likeness (QED) is 0.645. The predicted molar refractivity (Wildman–Crippen MR) is 72.8 cm³/mol. The second-order valence-electron chi connectivity index (χ2n) is 3.93. The van der Waals surface area contributed by atoms with E-state index in [4.69, 9.17) is 23.7 Å². The Hall–Kier alpha value is -1.95. The number of hydrogen-bond donors (Lipinski definition) is 3.